The second-order valence-electron chi connectivity index (χ2n) is 8.76. The Morgan fingerprint density at radius 1 is 0.714 bits per heavy atom. The molecule has 0 fully saturated rings. The van der Waals surface area contributed by atoms with Crippen molar-refractivity contribution in [2.45, 2.75) is 124 Å². The van der Waals surface area contributed by atoms with Crippen LogP contribution in [0.25, 0.3) is 0 Å². The lowest BCUT2D eigenvalue weighted by Crippen LogP contribution is -2.38. The Morgan fingerprint density at radius 2 is 1.11 bits per heavy atom. The average molecular weight is 398 g/mol. The van der Waals surface area contributed by atoms with Gasteiger partial charge in [-0.25, -0.2) is 0 Å². The van der Waals surface area contributed by atoms with Crippen molar-refractivity contribution in [2.75, 3.05) is 13.1 Å². The second-order valence-corrected chi connectivity index (χ2v) is 8.76. The summed E-state index contributed by atoms with van der Waals surface area (Å²) in [7, 11) is 0. The molecule has 0 aliphatic carbocycles. The van der Waals surface area contributed by atoms with Crippen molar-refractivity contribution < 1.29 is 14.7 Å². The van der Waals surface area contributed by atoms with E-state index in [1.54, 1.807) is 0 Å². The smallest absolute Gasteiger partial charge is 0.323 e. The minimum absolute atomic E-state index is 0.00852. The molecule has 0 aromatic heterocycles. The Kier molecular flexibility index (Phi) is 18.5. The van der Waals surface area contributed by atoms with Crippen LogP contribution in [0.15, 0.2) is 0 Å². The maximum absolute atomic E-state index is 12.2. The largest absolute Gasteiger partial charge is 0.480 e. The molecule has 0 bridgehead atoms. The van der Waals surface area contributed by atoms with Crippen molar-refractivity contribution in [3.8, 4) is 0 Å². The van der Waals surface area contributed by atoms with Crippen LogP contribution in [0, 0.1) is 5.92 Å². The summed E-state index contributed by atoms with van der Waals surface area (Å²) in [5.41, 5.74) is 0. The van der Waals surface area contributed by atoms with Gasteiger partial charge in [0.25, 0.3) is 0 Å². The molecule has 28 heavy (non-hydrogen) atoms. The van der Waals surface area contributed by atoms with Gasteiger partial charge in [-0.05, 0) is 12.3 Å². The third-order valence-corrected chi connectivity index (χ3v) is 5.26. The molecule has 0 saturated carbocycles. The zero-order chi connectivity index (χ0) is 21.0. The molecule has 0 atom stereocenters. The second kappa shape index (κ2) is 19.3. The van der Waals surface area contributed by atoms with Crippen LogP contribution in [0.3, 0.4) is 0 Å². The Hall–Kier alpha value is -1.06. The highest BCUT2D eigenvalue weighted by atomic mass is 16.4. The van der Waals surface area contributed by atoms with E-state index >= 15 is 0 Å². The number of carbonyl (C=O) groups excluding carboxylic acids is 1. The Labute approximate surface area is 174 Å². The van der Waals surface area contributed by atoms with E-state index in [0.717, 1.165) is 12.8 Å². The lowest BCUT2D eigenvalue weighted by molar-refractivity contribution is -0.144. The first-order valence-electron chi connectivity index (χ1n) is 12.0. The summed E-state index contributed by atoms with van der Waals surface area (Å²) in [6.07, 6.45) is 20.1. The molecule has 0 saturated heterocycles. The number of aliphatic carboxylic acids is 1. The Balaban J connectivity index is 3.48. The summed E-state index contributed by atoms with van der Waals surface area (Å²) in [5, 5.41) is 8.96. The van der Waals surface area contributed by atoms with Crippen LogP contribution in [0.4, 0.5) is 0 Å². The fourth-order valence-corrected chi connectivity index (χ4v) is 3.66. The van der Waals surface area contributed by atoms with Crippen LogP contribution >= 0.6 is 0 Å². The quantitative estimate of drug-likeness (QED) is 0.229. The average Bonchev–Trinajstić information content (AvgIpc) is 2.63. The summed E-state index contributed by atoms with van der Waals surface area (Å²) in [4.78, 5) is 24.6. The van der Waals surface area contributed by atoms with Crippen molar-refractivity contribution in [3.63, 3.8) is 0 Å². The minimum Gasteiger partial charge on any atom is -0.480 e. The molecule has 0 spiro atoms. The van der Waals surface area contributed by atoms with E-state index in [0.29, 0.717) is 18.9 Å². The summed E-state index contributed by atoms with van der Waals surface area (Å²) in [6, 6.07) is 0. The predicted octanol–water partition coefficient (Wildman–Crippen LogP) is 6.82. The Bertz CT molecular complexity index is 382. The number of hydrogen-bond acceptors (Lipinski definition) is 2. The number of rotatable bonds is 20. The fourth-order valence-electron chi connectivity index (χ4n) is 3.66. The van der Waals surface area contributed by atoms with E-state index in [2.05, 4.69) is 6.92 Å². The first kappa shape index (κ1) is 26.9. The molecule has 166 valence electrons. The van der Waals surface area contributed by atoms with Crippen molar-refractivity contribution in [1.29, 1.82) is 0 Å². The maximum Gasteiger partial charge on any atom is 0.323 e. The minimum atomic E-state index is -0.925. The van der Waals surface area contributed by atoms with Crippen LogP contribution in [0.2, 0.25) is 0 Å². The SMILES string of the molecule is CCCCCCCCCCCCCCCCCC(=O)N(CC(=O)O)CC(C)C. The van der Waals surface area contributed by atoms with E-state index in [-0.39, 0.29) is 12.5 Å². The van der Waals surface area contributed by atoms with E-state index < -0.39 is 5.97 Å². The first-order valence-corrected chi connectivity index (χ1v) is 12.0. The molecule has 4 heteroatoms. The van der Waals surface area contributed by atoms with Crippen molar-refractivity contribution in [3.05, 3.63) is 0 Å². The monoisotopic (exact) mass is 397 g/mol. The lowest BCUT2D eigenvalue weighted by Gasteiger charge is -2.22. The molecule has 0 rings (SSSR count). The molecule has 4 nitrogen and oxygen atoms in total. The van der Waals surface area contributed by atoms with Crippen molar-refractivity contribution >= 4 is 11.9 Å². The van der Waals surface area contributed by atoms with Gasteiger partial charge >= 0.3 is 5.97 Å². The number of carbonyl (C=O) groups is 2. The highest BCUT2D eigenvalue weighted by Gasteiger charge is 2.17. The highest BCUT2D eigenvalue weighted by Crippen LogP contribution is 2.14. The van der Waals surface area contributed by atoms with Gasteiger partial charge < -0.3 is 10.0 Å². The molecule has 0 aromatic rings. The van der Waals surface area contributed by atoms with E-state index in [9.17, 15) is 9.59 Å². The number of hydrogen-bond donors (Lipinski definition) is 1. The number of amides is 1. The van der Waals surface area contributed by atoms with E-state index in [1.807, 2.05) is 13.8 Å². The normalized spacial score (nSPS) is 11.1. The summed E-state index contributed by atoms with van der Waals surface area (Å²) < 4.78 is 0. The van der Waals surface area contributed by atoms with E-state index in [1.165, 1.54) is 88.4 Å². The zero-order valence-corrected chi connectivity index (χ0v) is 19.0. The van der Waals surface area contributed by atoms with Crippen LogP contribution in [0.1, 0.15) is 124 Å². The van der Waals surface area contributed by atoms with Gasteiger partial charge in [0.1, 0.15) is 6.54 Å². The maximum atomic E-state index is 12.2. The van der Waals surface area contributed by atoms with Gasteiger partial charge in [0.05, 0.1) is 0 Å². The van der Waals surface area contributed by atoms with Gasteiger partial charge in [-0.1, -0.05) is 111 Å². The molecule has 0 unspecified atom stereocenters. The van der Waals surface area contributed by atoms with Gasteiger partial charge in [-0.3, -0.25) is 9.59 Å². The molecular weight excluding hydrogens is 350 g/mol. The molecule has 0 aromatic carbocycles. The van der Waals surface area contributed by atoms with Crippen LogP contribution in [-0.2, 0) is 9.59 Å². The summed E-state index contributed by atoms with van der Waals surface area (Å²) in [5.74, 6) is -0.638. The van der Waals surface area contributed by atoms with Crippen molar-refractivity contribution in [1.82, 2.24) is 4.90 Å². The van der Waals surface area contributed by atoms with Crippen LogP contribution in [-0.4, -0.2) is 35.0 Å². The van der Waals surface area contributed by atoms with Gasteiger partial charge in [0.15, 0.2) is 0 Å². The number of carboxylic acid groups (broad SMARTS) is 1. The van der Waals surface area contributed by atoms with Crippen LogP contribution in [0.5, 0.6) is 0 Å². The number of carboxylic acids is 1. The fraction of sp³-hybridized carbons (Fsp3) is 0.917. The molecule has 0 aliphatic rings. The van der Waals surface area contributed by atoms with Gasteiger partial charge in [0.2, 0.25) is 5.91 Å². The molecular formula is C24H47NO3. The van der Waals surface area contributed by atoms with Crippen molar-refractivity contribution in [2.24, 2.45) is 5.92 Å². The number of unbranched alkanes of at least 4 members (excludes halogenated alkanes) is 14. The van der Waals surface area contributed by atoms with Gasteiger partial charge in [0, 0.05) is 13.0 Å². The molecule has 0 heterocycles. The third-order valence-electron chi connectivity index (χ3n) is 5.26. The summed E-state index contributed by atoms with van der Waals surface area (Å²) >= 11 is 0. The van der Waals surface area contributed by atoms with Gasteiger partial charge in [-0.15, -0.1) is 0 Å². The molecule has 0 radical (unpaired) electrons. The van der Waals surface area contributed by atoms with Gasteiger partial charge in [-0.2, -0.15) is 0 Å². The number of nitrogens with zero attached hydrogens (tertiary/aromatic N) is 1. The molecule has 0 aliphatic heterocycles. The molecule has 1 amide bonds. The summed E-state index contributed by atoms with van der Waals surface area (Å²) in [6.45, 7) is 6.65. The Morgan fingerprint density at radius 3 is 1.46 bits per heavy atom. The topological polar surface area (TPSA) is 57.6 Å². The zero-order valence-electron chi connectivity index (χ0n) is 19.0. The molecule has 1 N–H and O–H groups in total. The standard InChI is InChI=1S/C24H47NO3/c1-4-5-6-7-8-9-10-11-12-13-14-15-16-17-18-19-23(26)25(20-22(2)3)21-24(27)28/h22H,4-21H2,1-3H3,(H,27,28). The third kappa shape index (κ3) is 18.3. The lowest BCUT2D eigenvalue weighted by atomic mass is 10.0. The van der Waals surface area contributed by atoms with Crippen LogP contribution < -0.4 is 0 Å². The predicted molar refractivity (Wildman–Crippen MR) is 119 cm³/mol. The van der Waals surface area contributed by atoms with E-state index in [4.69, 9.17) is 5.11 Å². The first-order chi connectivity index (χ1) is 13.5. The highest BCUT2D eigenvalue weighted by molar-refractivity contribution is 5.81.